The fourth-order valence-corrected chi connectivity index (χ4v) is 2.63. The van der Waals surface area contributed by atoms with Gasteiger partial charge < -0.3 is 10.3 Å². The topological polar surface area (TPSA) is 44.9 Å². The van der Waals surface area contributed by atoms with Crippen LogP contribution in [-0.4, -0.2) is 16.9 Å². The van der Waals surface area contributed by atoms with Crippen molar-refractivity contribution in [2.45, 2.75) is 58.9 Å². The van der Waals surface area contributed by atoms with Crippen molar-refractivity contribution in [2.75, 3.05) is 0 Å². The average Bonchev–Trinajstić information content (AvgIpc) is 2.86. The van der Waals surface area contributed by atoms with E-state index in [1.165, 1.54) is 31.2 Å². The number of unbranched alkanes of at least 4 members (excludes halogenated alkanes) is 3. The van der Waals surface area contributed by atoms with Gasteiger partial charge in [0.15, 0.2) is 0 Å². The molecule has 2 N–H and O–H groups in total. The summed E-state index contributed by atoms with van der Waals surface area (Å²) in [6.45, 7) is 6.35. The first kappa shape index (κ1) is 15.6. The van der Waals surface area contributed by atoms with Crippen LogP contribution in [0.1, 0.15) is 62.0 Å². The first-order valence-electron chi connectivity index (χ1n) is 8.00. The molecule has 0 bridgehead atoms. The van der Waals surface area contributed by atoms with E-state index in [0.717, 1.165) is 17.3 Å². The number of amides is 1. The van der Waals surface area contributed by atoms with Crippen LogP contribution in [0.2, 0.25) is 0 Å². The number of aromatic nitrogens is 1. The quantitative estimate of drug-likeness (QED) is 0.720. The van der Waals surface area contributed by atoms with Crippen molar-refractivity contribution in [1.29, 1.82) is 0 Å². The van der Waals surface area contributed by atoms with E-state index in [0.29, 0.717) is 5.69 Å². The largest absolute Gasteiger partial charge is 0.351 e. The predicted molar refractivity (Wildman–Crippen MR) is 88.7 cm³/mol. The first-order chi connectivity index (χ1) is 10.1. The Labute approximate surface area is 127 Å². The van der Waals surface area contributed by atoms with E-state index in [9.17, 15) is 4.79 Å². The SMILES string of the molecule is CCCCCC[C@@H](C)NC(=O)c1cc2cc(C)ccc2[nH]1. The second-order valence-electron chi connectivity index (χ2n) is 6.00. The standard InChI is InChI=1S/C18H26N2O/c1-4-5-6-7-8-14(3)19-18(21)17-12-15-11-13(2)9-10-16(15)20-17/h9-12,14,20H,4-8H2,1-3H3,(H,19,21)/t14-/m1/s1. The van der Waals surface area contributed by atoms with Crippen LogP contribution in [0.15, 0.2) is 24.3 Å². The van der Waals surface area contributed by atoms with Gasteiger partial charge >= 0.3 is 0 Å². The van der Waals surface area contributed by atoms with E-state index < -0.39 is 0 Å². The molecule has 0 aliphatic heterocycles. The van der Waals surface area contributed by atoms with Crippen molar-refractivity contribution in [3.8, 4) is 0 Å². The van der Waals surface area contributed by atoms with Crippen LogP contribution in [0.4, 0.5) is 0 Å². The Balaban J connectivity index is 1.92. The minimum absolute atomic E-state index is 0.00755. The number of carbonyl (C=O) groups is 1. The van der Waals surface area contributed by atoms with E-state index in [-0.39, 0.29) is 11.9 Å². The molecule has 3 heteroatoms. The molecule has 1 aromatic carbocycles. The van der Waals surface area contributed by atoms with E-state index >= 15 is 0 Å². The third-order valence-corrected chi connectivity index (χ3v) is 3.89. The summed E-state index contributed by atoms with van der Waals surface area (Å²) in [5.74, 6) is -0.00755. The number of benzene rings is 1. The molecule has 0 aliphatic rings. The number of fused-ring (bicyclic) bond motifs is 1. The molecule has 2 rings (SSSR count). The highest BCUT2D eigenvalue weighted by molar-refractivity contribution is 5.98. The van der Waals surface area contributed by atoms with Gasteiger partial charge in [0.1, 0.15) is 5.69 Å². The zero-order valence-electron chi connectivity index (χ0n) is 13.3. The van der Waals surface area contributed by atoms with E-state index in [2.05, 4.69) is 43.2 Å². The average molecular weight is 286 g/mol. The predicted octanol–water partition coefficient (Wildman–Crippen LogP) is 4.57. The van der Waals surface area contributed by atoms with Gasteiger partial charge in [0.05, 0.1) is 0 Å². The van der Waals surface area contributed by atoms with Crippen molar-refractivity contribution in [2.24, 2.45) is 0 Å². The lowest BCUT2D eigenvalue weighted by Crippen LogP contribution is -2.32. The Bertz CT molecular complexity index is 600. The third kappa shape index (κ3) is 4.35. The monoisotopic (exact) mass is 286 g/mol. The Morgan fingerprint density at radius 1 is 1.24 bits per heavy atom. The normalized spacial score (nSPS) is 12.5. The second-order valence-corrected chi connectivity index (χ2v) is 6.00. The van der Waals surface area contributed by atoms with Crippen molar-refractivity contribution >= 4 is 16.8 Å². The number of carbonyl (C=O) groups excluding carboxylic acids is 1. The number of aromatic amines is 1. The molecule has 0 radical (unpaired) electrons. The lowest BCUT2D eigenvalue weighted by Gasteiger charge is -2.12. The smallest absolute Gasteiger partial charge is 0.267 e. The molecule has 1 atom stereocenters. The molecular formula is C18H26N2O. The third-order valence-electron chi connectivity index (χ3n) is 3.89. The van der Waals surface area contributed by atoms with Gasteiger partial charge in [-0.3, -0.25) is 4.79 Å². The van der Waals surface area contributed by atoms with Gasteiger partial charge in [0.2, 0.25) is 0 Å². The molecular weight excluding hydrogens is 260 g/mol. The summed E-state index contributed by atoms with van der Waals surface area (Å²) in [7, 11) is 0. The van der Waals surface area contributed by atoms with Crippen molar-refractivity contribution in [3.05, 3.63) is 35.5 Å². The maximum absolute atomic E-state index is 12.3. The Kier molecular flexibility index (Phi) is 5.43. The van der Waals surface area contributed by atoms with Gasteiger partial charge in [0.25, 0.3) is 5.91 Å². The number of H-pyrrole nitrogens is 1. The summed E-state index contributed by atoms with van der Waals surface area (Å²) in [6.07, 6.45) is 6.01. The van der Waals surface area contributed by atoms with Gasteiger partial charge in [-0.25, -0.2) is 0 Å². The highest BCUT2D eigenvalue weighted by atomic mass is 16.1. The van der Waals surface area contributed by atoms with E-state index in [1.54, 1.807) is 0 Å². The lowest BCUT2D eigenvalue weighted by molar-refractivity contribution is 0.0933. The minimum atomic E-state index is -0.00755. The van der Waals surface area contributed by atoms with Crippen LogP contribution in [0.5, 0.6) is 0 Å². The molecule has 3 nitrogen and oxygen atoms in total. The molecule has 0 fully saturated rings. The second kappa shape index (κ2) is 7.30. The number of hydrogen-bond donors (Lipinski definition) is 2. The maximum Gasteiger partial charge on any atom is 0.267 e. The van der Waals surface area contributed by atoms with Gasteiger partial charge in [-0.15, -0.1) is 0 Å². The van der Waals surface area contributed by atoms with E-state index in [4.69, 9.17) is 0 Å². The zero-order chi connectivity index (χ0) is 15.2. The zero-order valence-corrected chi connectivity index (χ0v) is 13.3. The van der Waals surface area contributed by atoms with Gasteiger partial charge in [0, 0.05) is 16.9 Å². The van der Waals surface area contributed by atoms with Crippen LogP contribution >= 0.6 is 0 Å². The van der Waals surface area contributed by atoms with Crippen LogP contribution in [0, 0.1) is 6.92 Å². The summed E-state index contributed by atoms with van der Waals surface area (Å²) < 4.78 is 0. The van der Waals surface area contributed by atoms with Crippen LogP contribution in [-0.2, 0) is 0 Å². The molecule has 114 valence electrons. The fourth-order valence-electron chi connectivity index (χ4n) is 2.63. The summed E-state index contributed by atoms with van der Waals surface area (Å²) in [5.41, 5.74) is 2.87. The fraction of sp³-hybridized carbons (Fsp3) is 0.500. The molecule has 0 saturated heterocycles. The molecule has 1 amide bonds. The Hall–Kier alpha value is -1.77. The highest BCUT2D eigenvalue weighted by Crippen LogP contribution is 2.17. The van der Waals surface area contributed by atoms with Gasteiger partial charge in [-0.05, 0) is 38.5 Å². The molecule has 2 aromatic rings. The number of rotatable bonds is 7. The molecule has 1 aromatic heterocycles. The Morgan fingerprint density at radius 2 is 2.05 bits per heavy atom. The van der Waals surface area contributed by atoms with Crippen LogP contribution in [0.25, 0.3) is 10.9 Å². The molecule has 0 spiro atoms. The van der Waals surface area contributed by atoms with Crippen molar-refractivity contribution in [3.63, 3.8) is 0 Å². The van der Waals surface area contributed by atoms with Crippen molar-refractivity contribution < 1.29 is 4.79 Å². The summed E-state index contributed by atoms with van der Waals surface area (Å²) >= 11 is 0. The molecule has 1 heterocycles. The number of aryl methyl sites for hydroxylation is 1. The Morgan fingerprint density at radius 3 is 2.81 bits per heavy atom. The maximum atomic E-state index is 12.3. The summed E-state index contributed by atoms with van der Waals surface area (Å²) in [6, 6.07) is 8.33. The molecule has 0 aliphatic carbocycles. The minimum Gasteiger partial charge on any atom is -0.351 e. The number of hydrogen-bond acceptors (Lipinski definition) is 1. The van der Waals surface area contributed by atoms with Crippen LogP contribution in [0.3, 0.4) is 0 Å². The number of nitrogens with one attached hydrogen (secondary N) is 2. The lowest BCUT2D eigenvalue weighted by atomic mass is 10.1. The van der Waals surface area contributed by atoms with Gasteiger partial charge in [-0.1, -0.05) is 44.2 Å². The molecule has 21 heavy (non-hydrogen) atoms. The van der Waals surface area contributed by atoms with Crippen molar-refractivity contribution in [1.82, 2.24) is 10.3 Å². The molecule has 0 saturated carbocycles. The molecule has 0 unspecified atom stereocenters. The van der Waals surface area contributed by atoms with Gasteiger partial charge in [-0.2, -0.15) is 0 Å². The first-order valence-corrected chi connectivity index (χ1v) is 8.00. The summed E-state index contributed by atoms with van der Waals surface area (Å²) in [5, 5.41) is 4.17. The highest BCUT2D eigenvalue weighted by Gasteiger charge is 2.12. The van der Waals surface area contributed by atoms with Crippen LogP contribution < -0.4 is 5.32 Å². The van der Waals surface area contributed by atoms with E-state index in [1.807, 2.05) is 12.1 Å². The summed E-state index contributed by atoms with van der Waals surface area (Å²) in [4.78, 5) is 15.4.